The number of rotatable bonds is 9. The van der Waals surface area contributed by atoms with Crippen LogP contribution in [0.5, 0.6) is 5.75 Å². The molecule has 1 atom stereocenters. The van der Waals surface area contributed by atoms with Gasteiger partial charge in [0, 0.05) is 6.54 Å². The van der Waals surface area contributed by atoms with E-state index in [2.05, 4.69) is 62.6 Å². The van der Waals surface area contributed by atoms with E-state index < -0.39 is 6.10 Å². The van der Waals surface area contributed by atoms with Crippen LogP contribution in [-0.2, 0) is 6.54 Å². The predicted octanol–water partition coefficient (Wildman–Crippen LogP) is 6.72. The molecule has 3 aromatic carbocycles. The van der Waals surface area contributed by atoms with Gasteiger partial charge in [0.15, 0.2) is 0 Å². The molecule has 4 rings (SSSR count). The lowest BCUT2D eigenvalue weighted by molar-refractivity contribution is 0.204. The Bertz CT molecular complexity index is 1210. The number of nitrogens with zero attached hydrogens (tertiary/aromatic N) is 2. The lowest BCUT2D eigenvalue weighted by Gasteiger charge is -2.16. The molecule has 0 aliphatic heterocycles. The predicted molar refractivity (Wildman–Crippen MR) is 135 cm³/mol. The first-order valence-electron chi connectivity index (χ1n) is 11.9. The zero-order chi connectivity index (χ0) is 23.4. The summed E-state index contributed by atoms with van der Waals surface area (Å²) in [6, 6.07) is 22.4. The Kier molecular flexibility index (Phi) is 7.14. The molecule has 0 amide bonds. The van der Waals surface area contributed by atoms with Crippen molar-refractivity contribution in [1.82, 2.24) is 9.55 Å². The van der Waals surface area contributed by atoms with Crippen molar-refractivity contribution in [3.05, 3.63) is 94.8 Å². The van der Waals surface area contributed by atoms with Crippen LogP contribution >= 0.6 is 0 Å². The highest BCUT2D eigenvalue weighted by Crippen LogP contribution is 2.29. The molecule has 0 bridgehead atoms. The first-order chi connectivity index (χ1) is 16.0. The van der Waals surface area contributed by atoms with Gasteiger partial charge in [-0.25, -0.2) is 4.98 Å². The Morgan fingerprint density at radius 3 is 2.36 bits per heavy atom. The topological polar surface area (TPSA) is 47.3 Å². The average Bonchev–Trinajstić information content (AvgIpc) is 3.16. The molecule has 0 saturated carbocycles. The first-order valence-corrected chi connectivity index (χ1v) is 11.9. The van der Waals surface area contributed by atoms with Gasteiger partial charge in [-0.05, 0) is 73.1 Å². The number of ether oxygens (including phenoxy) is 1. The van der Waals surface area contributed by atoms with Gasteiger partial charge in [-0.15, -0.1) is 0 Å². The largest absolute Gasteiger partial charge is 0.493 e. The van der Waals surface area contributed by atoms with Crippen LogP contribution in [0, 0.1) is 13.8 Å². The van der Waals surface area contributed by atoms with Crippen LogP contribution in [0.25, 0.3) is 11.0 Å². The van der Waals surface area contributed by atoms with Crippen LogP contribution in [0.3, 0.4) is 0 Å². The molecule has 1 heterocycles. The maximum atomic E-state index is 11.1. The summed E-state index contributed by atoms with van der Waals surface area (Å²) in [6.45, 7) is 10.1. The van der Waals surface area contributed by atoms with Gasteiger partial charge < -0.3 is 14.4 Å². The van der Waals surface area contributed by atoms with Crippen molar-refractivity contribution in [2.24, 2.45) is 0 Å². The van der Waals surface area contributed by atoms with Crippen LogP contribution < -0.4 is 4.74 Å². The number of aliphatic hydroxyl groups is 1. The second kappa shape index (κ2) is 10.2. The molecule has 0 aliphatic rings. The van der Waals surface area contributed by atoms with Gasteiger partial charge in [-0.1, -0.05) is 62.4 Å². The molecule has 0 radical (unpaired) electrons. The maximum absolute atomic E-state index is 11.1. The zero-order valence-electron chi connectivity index (χ0n) is 20.1. The van der Waals surface area contributed by atoms with Gasteiger partial charge >= 0.3 is 0 Å². The quantitative estimate of drug-likeness (QED) is 0.293. The van der Waals surface area contributed by atoms with E-state index in [1.165, 1.54) is 16.7 Å². The Morgan fingerprint density at radius 1 is 0.909 bits per heavy atom. The molecule has 0 aliphatic carbocycles. The van der Waals surface area contributed by atoms with Crippen molar-refractivity contribution < 1.29 is 9.84 Å². The van der Waals surface area contributed by atoms with Crippen molar-refractivity contribution in [3.63, 3.8) is 0 Å². The smallest absolute Gasteiger partial charge is 0.143 e. The fourth-order valence-corrected chi connectivity index (χ4v) is 4.27. The summed E-state index contributed by atoms with van der Waals surface area (Å²) in [4.78, 5) is 4.85. The van der Waals surface area contributed by atoms with Crippen LogP contribution in [0.1, 0.15) is 66.8 Å². The molecular weight excluding hydrogens is 408 g/mol. The van der Waals surface area contributed by atoms with Gasteiger partial charge in [0.25, 0.3) is 0 Å². The number of hydrogen-bond acceptors (Lipinski definition) is 3. The minimum absolute atomic E-state index is 0.437. The number of hydrogen-bond donors (Lipinski definition) is 1. The van der Waals surface area contributed by atoms with Crippen LogP contribution in [0.4, 0.5) is 0 Å². The summed E-state index contributed by atoms with van der Waals surface area (Å²) in [6.07, 6.45) is 1.11. The SMILES string of the molecule is Cc1cc2nc(C(O)c3ccccc3)n(CCCCOc3ccccc3C(C)C)c2cc1C. The number of aromatic nitrogens is 2. The standard InChI is InChI=1S/C29H34N2O2/c1-20(2)24-14-8-9-15-27(24)33-17-11-10-16-31-26-19-22(4)21(3)18-25(26)30-29(31)28(32)23-12-6-5-7-13-23/h5-9,12-15,18-20,28,32H,10-11,16-17H2,1-4H3. The van der Waals surface area contributed by atoms with Gasteiger partial charge in [-0.2, -0.15) is 0 Å². The monoisotopic (exact) mass is 442 g/mol. The van der Waals surface area contributed by atoms with Crippen molar-refractivity contribution in [2.45, 2.75) is 59.1 Å². The minimum atomic E-state index is -0.756. The summed E-state index contributed by atoms with van der Waals surface area (Å²) in [5.41, 5.74) is 6.57. The fourth-order valence-electron chi connectivity index (χ4n) is 4.27. The van der Waals surface area contributed by atoms with Crippen LogP contribution in [-0.4, -0.2) is 21.3 Å². The zero-order valence-corrected chi connectivity index (χ0v) is 20.1. The molecule has 0 fully saturated rings. The Balaban J connectivity index is 1.51. The fraction of sp³-hybridized carbons (Fsp3) is 0.345. The number of unbranched alkanes of at least 4 members (excludes halogenated alkanes) is 1. The van der Waals surface area contributed by atoms with Gasteiger partial charge in [-0.3, -0.25) is 0 Å². The molecule has 0 saturated heterocycles. The van der Waals surface area contributed by atoms with Crippen molar-refractivity contribution in [2.75, 3.05) is 6.61 Å². The molecule has 33 heavy (non-hydrogen) atoms. The molecule has 1 unspecified atom stereocenters. The number of aryl methyl sites for hydroxylation is 3. The van der Waals surface area contributed by atoms with Crippen LogP contribution in [0.15, 0.2) is 66.7 Å². The molecule has 1 aromatic heterocycles. The molecule has 4 nitrogen and oxygen atoms in total. The maximum Gasteiger partial charge on any atom is 0.143 e. The van der Waals surface area contributed by atoms with E-state index in [9.17, 15) is 5.11 Å². The first kappa shape index (κ1) is 23.1. The number of fused-ring (bicyclic) bond motifs is 1. The number of benzene rings is 3. The third kappa shape index (κ3) is 5.12. The number of para-hydroxylation sites is 1. The van der Waals surface area contributed by atoms with E-state index in [1.54, 1.807) is 0 Å². The van der Waals surface area contributed by atoms with Gasteiger partial charge in [0.2, 0.25) is 0 Å². The van der Waals surface area contributed by atoms with Crippen LogP contribution in [0.2, 0.25) is 0 Å². The van der Waals surface area contributed by atoms with Crippen molar-refractivity contribution in [3.8, 4) is 5.75 Å². The summed E-state index contributed by atoms with van der Waals surface area (Å²) in [7, 11) is 0. The lowest BCUT2D eigenvalue weighted by Crippen LogP contribution is -2.11. The Labute approximate surface area is 196 Å². The third-order valence-corrected chi connectivity index (χ3v) is 6.33. The summed E-state index contributed by atoms with van der Waals surface area (Å²) >= 11 is 0. The van der Waals surface area contributed by atoms with E-state index in [0.29, 0.717) is 18.3 Å². The molecule has 1 N–H and O–H groups in total. The molecule has 172 valence electrons. The number of imidazole rings is 1. The van der Waals surface area contributed by atoms with E-state index in [-0.39, 0.29) is 0 Å². The van der Waals surface area contributed by atoms with E-state index in [0.717, 1.165) is 41.7 Å². The second-order valence-corrected chi connectivity index (χ2v) is 9.11. The van der Waals surface area contributed by atoms with Crippen molar-refractivity contribution >= 4 is 11.0 Å². The van der Waals surface area contributed by atoms with E-state index >= 15 is 0 Å². The lowest BCUT2D eigenvalue weighted by atomic mass is 10.0. The van der Waals surface area contributed by atoms with Crippen molar-refractivity contribution in [1.29, 1.82) is 0 Å². The highest BCUT2D eigenvalue weighted by Gasteiger charge is 2.20. The average molecular weight is 443 g/mol. The molecule has 4 aromatic rings. The minimum Gasteiger partial charge on any atom is -0.493 e. The normalized spacial score (nSPS) is 12.4. The highest BCUT2D eigenvalue weighted by molar-refractivity contribution is 5.78. The van der Waals surface area contributed by atoms with E-state index in [4.69, 9.17) is 9.72 Å². The van der Waals surface area contributed by atoms with E-state index in [1.807, 2.05) is 36.4 Å². The second-order valence-electron chi connectivity index (χ2n) is 9.11. The Morgan fingerprint density at radius 2 is 1.61 bits per heavy atom. The molecular formula is C29H34N2O2. The third-order valence-electron chi connectivity index (χ3n) is 6.33. The highest BCUT2D eigenvalue weighted by atomic mass is 16.5. The molecule has 4 heteroatoms. The van der Waals surface area contributed by atoms with Gasteiger partial charge in [0.1, 0.15) is 17.7 Å². The summed E-state index contributed by atoms with van der Waals surface area (Å²) in [5.74, 6) is 2.12. The Hall–Kier alpha value is -3.11. The van der Waals surface area contributed by atoms with Gasteiger partial charge in [0.05, 0.1) is 17.6 Å². The summed E-state index contributed by atoms with van der Waals surface area (Å²) < 4.78 is 8.29. The molecule has 0 spiro atoms. The number of aliphatic hydroxyl groups excluding tert-OH is 1. The summed E-state index contributed by atoms with van der Waals surface area (Å²) in [5, 5.41) is 11.1.